The highest BCUT2D eigenvalue weighted by Crippen LogP contribution is 2.02. The molecular weight excluding hydrogens is 214 g/mol. The molecule has 0 aromatic heterocycles. The summed E-state index contributed by atoms with van der Waals surface area (Å²) in [6, 6.07) is 9.94. The number of ether oxygens (including phenoxy) is 1. The molecule has 1 aromatic carbocycles. The molecule has 0 radical (unpaired) electrons. The second-order valence-electron chi connectivity index (χ2n) is 4.27. The molecule has 3 nitrogen and oxygen atoms in total. The molecule has 94 valence electrons. The van der Waals surface area contributed by atoms with Crippen molar-refractivity contribution in [2.45, 2.75) is 19.6 Å². The summed E-state index contributed by atoms with van der Waals surface area (Å²) in [6.45, 7) is 7.15. The normalized spacial score (nSPS) is 12.2. The third-order valence-electron chi connectivity index (χ3n) is 2.56. The van der Waals surface area contributed by atoms with E-state index in [1.165, 1.54) is 0 Å². The number of benzene rings is 1. The molecule has 1 rings (SSSR count). The first-order chi connectivity index (χ1) is 8.09. The molecule has 0 spiro atoms. The van der Waals surface area contributed by atoms with Crippen molar-refractivity contribution in [3.05, 3.63) is 48.2 Å². The van der Waals surface area contributed by atoms with Gasteiger partial charge in [-0.1, -0.05) is 36.9 Å². The van der Waals surface area contributed by atoms with E-state index in [1.54, 1.807) is 0 Å². The Bertz CT molecular complexity index is 337. The molecule has 3 heteroatoms. The zero-order valence-corrected chi connectivity index (χ0v) is 10.6. The van der Waals surface area contributed by atoms with E-state index in [2.05, 4.69) is 6.58 Å². The van der Waals surface area contributed by atoms with Gasteiger partial charge in [0, 0.05) is 19.3 Å². The Kier molecular flexibility index (Phi) is 5.73. The minimum Gasteiger partial charge on any atom is -0.389 e. The first kappa shape index (κ1) is 13.7. The molecule has 0 aliphatic rings. The quantitative estimate of drug-likeness (QED) is 0.785. The first-order valence-corrected chi connectivity index (χ1v) is 5.76. The van der Waals surface area contributed by atoms with Crippen LogP contribution in [0, 0.1) is 0 Å². The topological polar surface area (TPSA) is 32.7 Å². The predicted octanol–water partition coefficient (Wildman–Crippen LogP) is 2.03. The fourth-order valence-electron chi connectivity index (χ4n) is 1.41. The zero-order chi connectivity index (χ0) is 12.7. The van der Waals surface area contributed by atoms with Crippen LogP contribution in [0.1, 0.15) is 12.5 Å². The van der Waals surface area contributed by atoms with Gasteiger partial charge in [0.2, 0.25) is 0 Å². The van der Waals surface area contributed by atoms with Crippen molar-refractivity contribution in [2.75, 3.05) is 20.2 Å². The van der Waals surface area contributed by atoms with Crippen LogP contribution in [0.15, 0.2) is 42.6 Å². The molecule has 17 heavy (non-hydrogen) atoms. The summed E-state index contributed by atoms with van der Waals surface area (Å²) < 4.78 is 5.46. The lowest BCUT2D eigenvalue weighted by atomic mass is 10.2. The van der Waals surface area contributed by atoms with Gasteiger partial charge in [0.1, 0.15) is 0 Å². The van der Waals surface area contributed by atoms with Gasteiger partial charge in [0.15, 0.2) is 0 Å². The predicted molar refractivity (Wildman–Crippen MR) is 69.5 cm³/mol. The summed E-state index contributed by atoms with van der Waals surface area (Å²) in [5.74, 6) is 0. The molecule has 0 fully saturated rings. The van der Waals surface area contributed by atoms with Crippen LogP contribution in [0.5, 0.6) is 0 Å². The second kappa shape index (κ2) is 7.09. The average Bonchev–Trinajstić information content (AvgIpc) is 2.30. The van der Waals surface area contributed by atoms with E-state index in [-0.39, 0.29) is 0 Å². The number of likely N-dealkylation sites (N-methyl/N-ethyl adjacent to an activating group) is 1. The van der Waals surface area contributed by atoms with E-state index in [4.69, 9.17) is 4.74 Å². The van der Waals surface area contributed by atoms with Crippen LogP contribution in [0.4, 0.5) is 0 Å². The van der Waals surface area contributed by atoms with E-state index in [1.807, 2.05) is 49.2 Å². The van der Waals surface area contributed by atoms with Gasteiger partial charge in [-0.2, -0.15) is 0 Å². The standard InChI is InChI=1S/C14H21NO2/c1-12(2)15(3)9-14(16)11-17-10-13-7-5-4-6-8-13/h4-8,14,16H,1,9-11H2,2-3H3. The van der Waals surface area contributed by atoms with Crippen LogP contribution in [0.2, 0.25) is 0 Å². The SMILES string of the molecule is C=C(C)N(C)CC(O)COCc1ccccc1. The highest BCUT2D eigenvalue weighted by Gasteiger charge is 2.07. The molecule has 0 aliphatic heterocycles. The molecular formula is C14H21NO2. The van der Waals surface area contributed by atoms with E-state index in [9.17, 15) is 5.11 Å². The van der Waals surface area contributed by atoms with Crippen LogP contribution in [0.25, 0.3) is 0 Å². The van der Waals surface area contributed by atoms with E-state index >= 15 is 0 Å². The van der Waals surface area contributed by atoms with Crippen molar-refractivity contribution in [1.82, 2.24) is 4.90 Å². The lowest BCUT2D eigenvalue weighted by molar-refractivity contribution is 0.0178. The summed E-state index contributed by atoms with van der Waals surface area (Å²) in [4.78, 5) is 1.91. The number of nitrogens with zero attached hydrogens (tertiary/aromatic N) is 1. The maximum Gasteiger partial charge on any atom is 0.0947 e. The van der Waals surface area contributed by atoms with Gasteiger partial charge in [-0.3, -0.25) is 0 Å². The third kappa shape index (κ3) is 5.52. The maximum atomic E-state index is 9.74. The zero-order valence-electron chi connectivity index (χ0n) is 10.6. The van der Waals surface area contributed by atoms with Crippen LogP contribution in [0.3, 0.4) is 0 Å². The molecule has 0 saturated carbocycles. The fourth-order valence-corrected chi connectivity index (χ4v) is 1.41. The van der Waals surface area contributed by atoms with Gasteiger partial charge in [0.25, 0.3) is 0 Å². The number of aliphatic hydroxyl groups excluding tert-OH is 1. The van der Waals surface area contributed by atoms with Gasteiger partial charge in [-0.05, 0) is 12.5 Å². The molecule has 0 saturated heterocycles. The summed E-state index contributed by atoms with van der Waals surface area (Å²) >= 11 is 0. The van der Waals surface area contributed by atoms with E-state index < -0.39 is 6.10 Å². The van der Waals surface area contributed by atoms with Crippen LogP contribution < -0.4 is 0 Å². The lowest BCUT2D eigenvalue weighted by Gasteiger charge is -2.22. The van der Waals surface area contributed by atoms with Crippen LogP contribution in [-0.2, 0) is 11.3 Å². The van der Waals surface area contributed by atoms with Gasteiger partial charge in [0.05, 0.1) is 19.3 Å². The molecule has 1 unspecified atom stereocenters. The molecule has 1 N–H and O–H groups in total. The Balaban J connectivity index is 2.20. The van der Waals surface area contributed by atoms with Crippen molar-refractivity contribution in [1.29, 1.82) is 0 Å². The molecule has 0 aliphatic carbocycles. The molecule has 1 aromatic rings. The summed E-state index contributed by atoms with van der Waals surface area (Å²) in [7, 11) is 1.91. The van der Waals surface area contributed by atoms with Gasteiger partial charge in [-0.25, -0.2) is 0 Å². The Labute approximate surface area is 103 Å². The van der Waals surface area contributed by atoms with Crippen molar-refractivity contribution in [3.8, 4) is 0 Å². The number of aliphatic hydroxyl groups is 1. The Morgan fingerprint density at radius 3 is 2.65 bits per heavy atom. The smallest absolute Gasteiger partial charge is 0.0947 e. The number of rotatable bonds is 7. The summed E-state index contributed by atoms with van der Waals surface area (Å²) in [6.07, 6.45) is -0.486. The van der Waals surface area contributed by atoms with Crippen molar-refractivity contribution in [2.24, 2.45) is 0 Å². The van der Waals surface area contributed by atoms with Gasteiger partial charge < -0.3 is 14.7 Å². The van der Waals surface area contributed by atoms with Crippen LogP contribution in [-0.4, -0.2) is 36.3 Å². The highest BCUT2D eigenvalue weighted by atomic mass is 16.5. The molecule has 0 amide bonds. The highest BCUT2D eigenvalue weighted by molar-refractivity contribution is 5.13. The van der Waals surface area contributed by atoms with E-state index in [0.29, 0.717) is 19.8 Å². The van der Waals surface area contributed by atoms with Gasteiger partial charge >= 0.3 is 0 Å². The minimum absolute atomic E-state index is 0.340. The fraction of sp³-hybridized carbons (Fsp3) is 0.429. The maximum absolute atomic E-state index is 9.74. The number of hydrogen-bond donors (Lipinski definition) is 1. The summed E-state index contributed by atoms with van der Waals surface area (Å²) in [5.41, 5.74) is 2.06. The monoisotopic (exact) mass is 235 g/mol. The van der Waals surface area contributed by atoms with Crippen molar-refractivity contribution >= 4 is 0 Å². The van der Waals surface area contributed by atoms with Crippen molar-refractivity contribution in [3.63, 3.8) is 0 Å². The largest absolute Gasteiger partial charge is 0.389 e. The Morgan fingerprint density at radius 1 is 1.41 bits per heavy atom. The number of allylic oxidation sites excluding steroid dienone is 1. The average molecular weight is 235 g/mol. The second-order valence-corrected chi connectivity index (χ2v) is 4.27. The third-order valence-corrected chi connectivity index (χ3v) is 2.56. The first-order valence-electron chi connectivity index (χ1n) is 5.76. The lowest BCUT2D eigenvalue weighted by Crippen LogP contribution is -2.30. The molecule has 1 atom stereocenters. The van der Waals surface area contributed by atoms with E-state index in [0.717, 1.165) is 11.3 Å². The molecule has 0 bridgehead atoms. The van der Waals surface area contributed by atoms with Crippen LogP contribution >= 0.6 is 0 Å². The van der Waals surface area contributed by atoms with Crippen molar-refractivity contribution < 1.29 is 9.84 Å². The van der Waals surface area contributed by atoms with Gasteiger partial charge in [-0.15, -0.1) is 0 Å². The Hall–Kier alpha value is -1.32. The Morgan fingerprint density at radius 2 is 2.06 bits per heavy atom. The summed E-state index contributed by atoms with van der Waals surface area (Å²) in [5, 5.41) is 9.74. The number of hydrogen-bond acceptors (Lipinski definition) is 3. The molecule has 0 heterocycles. The minimum atomic E-state index is -0.486.